The molecular formula is C10H14N2S. The molecule has 1 heterocycles. The molecular weight excluding hydrogens is 180 g/mol. The third-order valence-corrected chi connectivity index (χ3v) is 3.28. The van der Waals surface area contributed by atoms with E-state index in [0.717, 1.165) is 24.4 Å². The molecule has 0 unspecified atom stereocenters. The Bertz CT molecular complexity index is 339. The fraction of sp³-hybridized carbons (Fsp3) is 0.500. The lowest BCUT2D eigenvalue weighted by Crippen LogP contribution is -2.03. The third-order valence-electron chi connectivity index (χ3n) is 2.36. The molecule has 70 valence electrons. The van der Waals surface area contributed by atoms with Crippen molar-refractivity contribution < 1.29 is 0 Å². The summed E-state index contributed by atoms with van der Waals surface area (Å²) in [5.41, 5.74) is 8.45. The molecule has 0 aromatic carbocycles. The average Bonchev–Trinajstić information content (AvgIpc) is 2.44. The molecule has 0 bridgehead atoms. The minimum Gasteiger partial charge on any atom is -0.375 e. The Morgan fingerprint density at radius 2 is 2.38 bits per heavy atom. The smallest absolute Gasteiger partial charge is 0.180 e. The number of nitrogens with zero attached hydrogens (tertiary/aromatic N) is 1. The zero-order chi connectivity index (χ0) is 9.26. The normalized spacial score (nSPS) is 19.0. The number of thiazole rings is 1. The summed E-state index contributed by atoms with van der Waals surface area (Å²) in [6.07, 6.45) is 6.80. The SMILES string of the molecule is CC/C=C1/CCc2nc(N)sc2C1. The van der Waals surface area contributed by atoms with Gasteiger partial charge in [-0.1, -0.05) is 18.6 Å². The molecule has 1 aliphatic carbocycles. The molecule has 2 nitrogen and oxygen atoms in total. The summed E-state index contributed by atoms with van der Waals surface area (Å²) >= 11 is 1.65. The van der Waals surface area contributed by atoms with Crippen LogP contribution in [0.1, 0.15) is 30.3 Å². The molecule has 1 aromatic rings. The van der Waals surface area contributed by atoms with Crippen LogP contribution in [0.15, 0.2) is 11.6 Å². The molecule has 0 amide bonds. The van der Waals surface area contributed by atoms with E-state index in [0.29, 0.717) is 0 Å². The first-order chi connectivity index (χ1) is 6.29. The highest BCUT2D eigenvalue weighted by Crippen LogP contribution is 2.30. The van der Waals surface area contributed by atoms with Crippen LogP contribution in [0.3, 0.4) is 0 Å². The van der Waals surface area contributed by atoms with Gasteiger partial charge in [-0.3, -0.25) is 0 Å². The van der Waals surface area contributed by atoms with E-state index in [9.17, 15) is 0 Å². The maximum Gasteiger partial charge on any atom is 0.180 e. The zero-order valence-corrected chi connectivity index (χ0v) is 8.66. The van der Waals surface area contributed by atoms with Crippen LogP contribution in [0.2, 0.25) is 0 Å². The molecule has 0 fully saturated rings. The molecule has 2 N–H and O–H groups in total. The Morgan fingerprint density at radius 1 is 1.54 bits per heavy atom. The van der Waals surface area contributed by atoms with Crippen molar-refractivity contribution >= 4 is 16.5 Å². The topological polar surface area (TPSA) is 38.9 Å². The van der Waals surface area contributed by atoms with Crippen LogP contribution in [0, 0.1) is 0 Å². The lowest BCUT2D eigenvalue weighted by Gasteiger charge is -2.12. The second-order valence-corrected chi connectivity index (χ2v) is 4.48. The van der Waals surface area contributed by atoms with E-state index in [1.807, 2.05) is 0 Å². The van der Waals surface area contributed by atoms with E-state index in [-0.39, 0.29) is 0 Å². The fourth-order valence-electron chi connectivity index (χ4n) is 1.77. The molecule has 0 saturated heterocycles. The van der Waals surface area contributed by atoms with Crippen LogP contribution in [0.25, 0.3) is 0 Å². The first-order valence-electron chi connectivity index (χ1n) is 4.71. The summed E-state index contributed by atoms with van der Waals surface area (Å²) in [5, 5.41) is 0.725. The molecule has 0 atom stereocenters. The number of aromatic nitrogens is 1. The van der Waals surface area contributed by atoms with Gasteiger partial charge >= 0.3 is 0 Å². The van der Waals surface area contributed by atoms with Gasteiger partial charge in [0.25, 0.3) is 0 Å². The number of nitrogens with two attached hydrogens (primary N) is 1. The van der Waals surface area contributed by atoms with Crippen molar-refractivity contribution in [2.75, 3.05) is 5.73 Å². The first-order valence-corrected chi connectivity index (χ1v) is 5.53. The Kier molecular flexibility index (Phi) is 2.36. The highest BCUT2D eigenvalue weighted by Gasteiger charge is 2.16. The Labute approximate surface area is 82.5 Å². The van der Waals surface area contributed by atoms with Gasteiger partial charge in [-0.2, -0.15) is 0 Å². The molecule has 13 heavy (non-hydrogen) atoms. The van der Waals surface area contributed by atoms with Gasteiger partial charge < -0.3 is 5.73 Å². The highest BCUT2D eigenvalue weighted by molar-refractivity contribution is 7.15. The molecule has 1 aliphatic rings. The van der Waals surface area contributed by atoms with Crippen LogP contribution in [0.4, 0.5) is 5.13 Å². The van der Waals surface area contributed by atoms with Crippen LogP contribution in [-0.4, -0.2) is 4.98 Å². The van der Waals surface area contributed by atoms with Crippen molar-refractivity contribution in [1.29, 1.82) is 0 Å². The van der Waals surface area contributed by atoms with E-state index >= 15 is 0 Å². The molecule has 3 heteroatoms. The average molecular weight is 194 g/mol. The number of aryl methyl sites for hydroxylation is 1. The van der Waals surface area contributed by atoms with Gasteiger partial charge in [0, 0.05) is 11.3 Å². The lowest BCUT2D eigenvalue weighted by atomic mass is 9.96. The van der Waals surface area contributed by atoms with E-state index in [1.165, 1.54) is 17.0 Å². The minimum atomic E-state index is 0.725. The molecule has 0 spiro atoms. The highest BCUT2D eigenvalue weighted by atomic mass is 32.1. The second-order valence-electron chi connectivity index (χ2n) is 3.37. The summed E-state index contributed by atoms with van der Waals surface area (Å²) < 4.78 is 0. The third kappa shape index (κ3) is 1.75. The van der Waals surface area contributed by atoms with Crippen LogP contribution in [0.5, 0.6) is 0 Å². The lowest BCUT2D eigenvalue weighted by molar-refractivity contribution is 0.817. The number of allylic oxidation sites excluding steroid dienone is 2. The molecule has 0 saturated carbocycles. The van der Waals surface area contributed by atoms with Crippen LogP contribution < -0.4 is 5.73 Å². The minimum absolute atomic E-state index is 0.725. The summed E-state index contributed by atoms with van der Waals surface area (Å²) in [7, 11) is 0. The number of anilines is 1. The van der Waals surface area contributed by atoms with Gasteiger partial charge in [0.05, 0.1) is 5.69 Å². The van der Waals surface area contributed by atoms with Crippen molar-refractivity contribution in [3.05, 3.63) is 22.2 Å². The summed E-state index contributed by atoms with van der Waals surface area (Å²) in [6, 6.07) is 0. The monoisotopic (exact) mass is 194 g/mol. The maximum absolute atomic E-state index is 5.67. The van der Waals surface area contributed by atoms with Crippen molar-refractivity contribution in [3.8, 4) is 0 Å². The fourth-order valence-corrected chi connectivity index (χ4v) is 2.70. The van der Waals surface area contributed by atoms with Crippen molar-refractivity contribution in [1.82, 2.24) is 4.98 Å². The van der Waals surface area contributed by atoms with Gasteiger partial charge in [0.2, 0.25) is 0 Å². The molecule has 0 radical (unpaired) electrons. The van der Waals surface area contributed by atoms with E-state index in [4.69, 9.17) is 5.73 Å². The molecule has 0 aliphatic heterocycles. The number of nitrogen functional groups attached to an aromatic ring is 1. The number of rotatable bonds is 1. The second kappa shape index (κ2) is 3.50. The quantitative estimate of drug-likeness (QED) is 0.698. The van der Waals surface area contributed by atoms with Crippen molar-refractivity contribution in [3.63, 3.8) is 0 Å². The molecule has 1 aromatic heterocycles. The predicted octanol–water partition coefficient (Wildman–Crippen LogP) is 2.55. The van der Waals surface area contributed by atoms with Crippen LogP contribution >= 0.6 is 11.3 Å². The van der Waals surface area contributed by atoms with Crippen molar-refractivity contribution in [2.24, 2.45) is 0 Å². The predicted molar refractivity (Wildman–Crippen MR) is 56.9 cm³/mol. The Morgan fingerprint density at radius 3 is 3.15 bits per heavy atom. The Hall–Kier alpha value is -0.830. The van der Waals surface area contributed by atoms with Crippen LogP contribution in [-0.2, 0) is 12.8 Å². The summed E-state index contributed by atoms with van der Waals surface area (Å²) in [5.74, 6) is 0. The number of hydrogen-bond donors (Lipinski definition) is 1. The zero-order valence-electron chi connectivity index (χ0n) is 7.84. The number of hydrogen-bond acceptors (Lipinski definition) is 3. The van der Waals surface area contributed by atoms with E-state index < -0.39 is 0 Å². The van der Waals surface area contributed by atoms with Gasteiger partial charge in [-0.15, -0.1) is 11.3 Å². The standard InChI is InChI=1S/C10H14N2S/c1-2-3-7-4-5-8-9(6-7)13-10(11)12-8/h3H,2,4-6H2,1H3,(H2,11,12)/b7-3-. The largest absolute Gasteiger partial charge is 0.375 e. The first kappa shape index (κ1) is 8.75. The van der Waals surface area contributed by atoms with E-state index in [1.54, 1.807) is 16.9 Å². The summed E-state index contributed by atoms with van der Waals surface area (Å²) in [6.45, 7) is 2.18. The van der Waals surface area contributed by atoms with Gasteiger partial charge in [-0.05, 0) is 19.3 Å². The number of fused-ring (bicyclic) bond motifs is 1. The van der Waals surface area contributed by atoms with Gasteiger partial charge in [0.1, 0.15) is 0 Å². The van der Waals surface area contributed by atoms with Crippen molar-refractivity contribution in [2.45, 2.75) is 32.6 Å². The van der Waals surface area contributed by atoms with Gasteiger partial charge in [-0.25, -0.2) is 4.98 Å². The van der Waals surface area contributed by atoms with E-state index in [2.05, 4.69) is 18.0 Å². The Balaban J connectivity index is 2.24. The molecule has 2 rings (SSSR count). The summed E-state index contributed by atoms with van der Waals surface area (Å²) in [4.78, 5) is 5.69. The maximum atomic E-state index is 5.67. The van der Waals surface area contributed by atoms with Gasteiger partial charge in [0.15, 0.2) is 5.13 Å².